The maximum atomic E-state index is 11.7. The van der Waals surface area contributed by atoms with Crippen LogP contribution in [0.25, 0.3) is 0 Å². The molecule has 0 aromatic rings. The highest BCUT2D eigenvalue weighted by atomic mass is 16.2. The smallest absolute Gasteiger partial charge is 0.234 e. The van der Waals surface area contributed by atoms with Crippen LogP contribution in [0.3, 0.4) is 0 Å². The van der Waals surface area contributed by atoms with Crippen LogP contribution in [0.2, 0.25) is 0 Å². The van der Waals surface area contributed by atoms with Gasteiger partial charge in [0.15, 0.2) is 0 Å². The molecule has 0 spiro atoms. The van der Waals surface area contributed by atoms with Crippen LogP contribution in [-0.2, 0) is 4.79 Å². The van der Waals surface area contributed by atoms with Gasteiger partial charge in [-0.15, -0.1) is 0 Å². The van der Waals surface area contributed by atoms with Crippen molar-refractivity contribution in [3.05, 3.63) is 0 Å². The summed E-state index contributed by atoms with van der Waals surface area (Å²) >= 11 is 0. The fourth-order valence-corrected chi connectivity index (χ4v) is 1.72. The van der Waals surface area contributed by atoms with E-state index in [1.165, 1.54) is 0 Å². The number of hydrogen-bond acceptors (Lipinski definition) is 3. The predicted octanol–water partition coefficient (Wildman–Crippen LogP) is 1.21. The molecule has 0 radical (unpaired) electrons. The number of nitrogens with one attached hydrogen (secondary N) is 1. The van der Waals surface area contributed by atoms with E-state index in [-0.39, 0.29) is 11.3 Å². The Morgan fingerprint density at radius 2 is 1.94 bits per heavy atom. The summed E-state index contributed by atoms with van der Waals surface area (Å²) in [5.41, 5.74) is 5.80. The van der Waals surface area contributed by atoms with Crippen LogP contribution in [0.5, 0.6) is 0 Å². The summed E-state index contributed by atoms with van der Waals surface area (Å²) < 4.78 is 0. The summed E-state index contributed by atoms with van der Waals surface area (Å²) in [5.74, 6) is 0.119. The van der Waals surface area contributed by atoms with E-state index in [0.717, 1.165) is 32.5 Å². The summed E-state index contributed by atoms with van der Waals surface area (Å²) in [6, 6.07) is 0. The van der Waals surface area contributed by atoms with Gasteiger partial charge in [-0.3, -0.25) is 9.69 Å². The van der Waals surface area contributed by atoms with Crippen LogP contribution in [0.15, 0.2) is 0 Å². The van der Waals surface area contributed by atoms with Crippen LogP contribution in [-0.4, -0.2) is 43.5 Å². The highest BCUT2D eigenvalue weighted by molar-refractivity contribution is 5.77. The first-order valence-corrected chi connectivity index (χ1v) is 6.64. The van der Waals surface area contributed by atoms with E-state index < -0.39 is 0 Å². The van der Waals surface area contributed by atoms with Gasteiger partial charge in [-0.2, -0.15) is 0 Å². The Morgan fingerprint density at radius 1 is 1.29 bits per heavy atom. The molecule has 0 atom stereocenters. The maximum Gasteiger partial charge on any atom is 0.234 e. The maximum absolute atomic E-state index is 11.7. The first-order valence-electron chi connectivity index (χ1n) is 6.64. The minimum absolute atomic E-state index is 0.0696. The second-order valence-electron chi connectivity index (χ2n) is 5.43. The van der Waals surface area contributed by atoms with Crippen LogP contribution in [0.4, 0.5) is 0 Å². The fourth-order valence-electron chi connectivity index (χ4n) is 1.72. The van der Waals surface area contributed by atoms with Crippen molar-refractivity contribution in [2.24, 2.45) is 11.1 Å². The first kappa shape index (κ1) is 16.4. The molecule has 102 valence electrons. The van der Waals surface area contributed by atoms with Gasteiger partial charge >= 0.3 is 0 Å². The molecule has 0 aromatic carbocycles. The molecule has 0 aromatic heterocycles. The Hall–Kier alpha value is -0.610. The number of hydrogen-bond donors (Lipinski definition) is 2. The fraction of sp³-hybridized carbons (Fsp3) is 0.923. The molecule has 0 saturated carbocycles. The number of nitrogens with zero attached hydrogens (tertiary/aromatic N) is 1. The number of carbonyl (C=O) groups is 1. The van der Waals surface area contributed by atoms with Crippen molar-refractivity contribution in [3.63, 3.8) is 0 Å². The Morgan fingerprint density at radius 3 is 2.41 bits per heavy atom. The van der Waals surface area contributed by atoms with Crippen molar-refractivity contribution in [2.45, 2.75) is 40.5 Å². The second kappa shape index (κ2) is 8.48. The molecule has 0 rings (SSSR count). The lowest BCUT2D eigenvalue weighted by Crippen LogP contribution is -2.44. The van der Waals surface area contributed by atoms with E-state index in [1.807, 2.05) is 0 Å². The monoisotopic (exact) mass is 243 g/mol. The van der Waals surface area contributed by atoms with Gasteiger partial charge in [0.2, 0.25) is 5.91 Å². The summed E-state index contributed by atoms with van der Waals surface area (Å²) in [6.45, 7) is 12.2. The summed E-state index contributed by atoms with van der Waals surface area (Å²) in [5, 5.41) is 2.91. The van der Waals surface area contributed by atoms with Gasteiger partial charge in [-0.25, -0.2) is 0 Å². The lowest BCUT2D eigenvalue weighted by atomic mass is 9.93. The Balaban J connectivity index is 4.18. The summed E-state index contributed by atoms with van der Waals surface area (Å²) in [4.78, 5) is 13.9. The molecule has 4 heteroatoms. The van der Waals surface area contributed by atoms with E-state index >= 15 is 0 Å². The lowest BCUT2D eigenvalue weighted by molar-refractivity contribution is -0.122. The predicted molar refractivity (Wildman–Crippen MR) is 72.9 cm³/mol. The Bertz CT molecular complexity index is 217. The second-order valence-corrected chi connectivity index (χ2v) is 5.43. The molecule has 0 fully saturated rings. The highest BCUT2D eigenvalue weighted by Crippen LogP contribution is 2.14. The van der Waals surface area contributed by atoms with Crippen LogP contribution in [0.1, 0.15) is 40.5 Å². The van der Waals surface area contributed by atoms with Crippen LogP contribution < -0.4 is 11.1 Å². The Labute approximate surface area is 106 Å². The summed E-state index contributed by atoms with van der Waals surface area (Å²) in [7, 11) is 0. The number of rotatable bonds is 9. The zero-order valence-corrected chi connectivity index (χ0v) is 11.9. The average Bonchev–Trinajstić information content (AvgIpc) is 2.26. The normalized spacial score (nSPS) is 11.9. The molecule has 0 bridgehead atoms. The first-order chi connectivity index (χ1) is 7.95. The van der Waals surface area contributed by atoms with E-state index in [9.17, 15) is 4.79 Å². The van der Waals surface area contributed by atoms with Crippen molar-refractivity contribution in [2.75, 3.05) is 32.7 Å². The van der Waals surface area contributed by atoms with Crippen LogP contribution >= 0.6 is 0 Å². The van der Waals surface area contributed by atoms with Crippen molar-refractivity contribution < 1.29 is 4.79 Å². The molecule has 17 heavy (non-hydrogen) atoms. The largest absolute Gasteiger partial charge is 0.355 e. The minimum atomic E-state index is 0.0696. The number of amides is 1. The molecule has 0 aliphatic rings. The topological polar surface area (TPSA) is 58.4 Å². The third-order valence-corrected chi connectivity index (χ3v) is 2.68. The van der Waals surface area contributed by atoms with Crippen molar-refractivity contribution in [1.29, 1.82) is 0 Å². The van der Waals surface area contributed by atoms with Gasteiger partial charge in [0.25, 0.3) is 0 Å². The van der Waals surface area contributed by atoms with Gasteiger partial charge in [-0.05, 0) is 31.3 Å². The zero-order valence-electron chi connectivity index (χ0n) is 11.9. The van der Waals surface area contributed by atoms with Crippen molar-refractivity contribution in [1.82, 2.24) is 10.2 Å². The third-order valence-electron chi connectivity index (χ3n) is 2.68. The van der Waals surface area contributed by atoms with E-state index in [2.05, 4.69) is 37.9 Å². The molecule has 3 N–H and O–H groups in total. The van der Waals surface area contributed by atoms with E-state index in [1.54, 1.807) is 0 Å². The van der Waals surface area contributed by atoms with Gasteiger partial charge in [0.05, 0.1) is 6.54 Å². The number of nitrogens with two attached hydrogens (primary N) is 1. The van der Waals surface area contributed by atoms with E-state index in [0.29, 0.717) is 13.1 Å². The standard InChI is InChI=1S/C13H29N3O/c1-5-7-15-12(17)9-16(8-6-2)11-13(3,4)10-14/h5-11,14H2,1-4H3,(H,15,17). The molecule has 1 amide bonds. The molecule has 0 unspecified atom stereocenters. The van der Waals surface area contributed by atoms with Gasteiger partial charge in [-0.1, -0.05) is 27.7 Å². The van der Waals surface area contributed by atoms with Crippen molar-refractivity contribution in [3.8, 4) is 0 Å². The number of carbonyl (C=O) groups excluding carboxylic acids is 1. The third kappa shape index (κ3) is 8.16. The molecular formula is C13H29N3O. The van der Waals surface area contributed by atoms with E-state index in [4.69, 9.17) is 5.73 Å². The molecule has 0 aliphatic carbocycles. The van der Waals surface area contributed by atoms with Gasteiger partial charge < -0.3 is 11.1 Å². The summed E-state index contributed by atoms with van der Waals surface area (Å²) in [6.07, 6.45) is 2.04. The zero-order chi connectivity index (χ0) is 13.3. The molecule has 0 aliphatic heterocycles. The molecule has 0 heterocycles. The van der Waals surface area contributed by atoms with Gasteiger partial charge in [0.1, 0.15) is 0 Å². The van der Waals surface area contributed by atoms with Gasteiger partial charge in [0, 0.05) is 13.1 Å². The van der Waals surface area contributed by atoms with Crippen molar-refractivity contribution >= 4 is 5.91 Å². The quantitative estimate of drug-likeness (QED) is 0.640. The lowest BCUT2D eigenvalue weighted by Gasteiger charge is -2.31. The molecule has 0 saturated heterocycles. The molecular weight excluding hydrogens is 214 g/mol. The minimum Gasteiger partial charge on any atom is -0.355 e. The SMILES string of the molecule is CCCNC(=O)CN(CCC)CC(C)(C)CN. The average molecular weight is 243 g/mol. The highest BCUT2D eigenvalue weighted by Gasteiger charge is 2.21. The molecule has 4 nitrogen and oxygen atoms in total. The van der Waals surface area contributed by atoms with Crippen LogP contribution in [0, 0.1) is 5.41 Å². The Kier molecular flexibility index (Phi) is 8.17.